The lowest BCUT2D eigenvalue weighted by atomic mass is 10.1. The van der Waals surface area contributed by atoms with Crippen molar-refractivity contribution in [3.8, 4) is 5.75 Å². The maximum Gasteiger partial charge on any atom is 0.125 e. The Labute approximate surface area is 183 Å². The highest BCUT2D eigenvalue weighted by molar-refractivity contribution is 7.83. The molecule has 0 saturated heterocycles. The Kier molecular flexibility index (Phi) is 9.98. The van der Waals surface area contributed by atoms with Gasteiger partial charge in [0.05, 0.1) is 23.1 Å². The first-order valence-electron chi connectivity index (χ1n) is 10.6. The van der Waals surface area contributed by atoms with Crippen LogP contribution in [0, 0.1) is 5.92 Å². The summed E-state index contributed by atoms with van der Waals surface area (Å²) in [5.41, 5.74) is 6.67. The van der Waals surface area contributed by atoms with Gasteiger partial charge in [-0.25, -0.2) is 8.93 Å². The average molecular weight is 433 g/mol. The highest BCUT2D eigenvalue weighted by Crippen LogP contribution is 2.20. The Morgan fingerprint density at radius 1 is 1.03 bits per heavy atom. The zero-order valence-electron chi connectivity index (χ0n) is 18.6. The summed E-state index contributed by atoms with van der Waals surface area (Å²) in [6, 6.07) is 17.0. The highest BCUT2D eigenvalue weighted by atomic mass is 32.2. The molecule has 0 aliphatic heterocycles. The van der Waals surface area contributed by atoms with Crippen molar-refractivity contribution in [2.75, 3.05) is 19.8 Å². The van der Waals surface area contributed by atoms with Gasteiger partial charge in [0.1, 0.15) is 16.7 Å². The second-order valence-electron chi connectivity index (χ2n) is 8.45. The van der Waals surface area contributed by atoms with Gasteiger partial charge in [-0.1, -0.05) is 44.2 Å². The first kappa shape index (κ1) is 24.5. The third-order valence-electron chi connectivity index (χ3n) is 4.89. The monoisotopic (exact) mass is 432 g/mol. The standard InChI is InChI=1S/C24H36N2O3S/c1-19(2)14-16-29-24(3,4)15-17-28-21-10-12-22(13-11-21)30(27)26-23(18-25)20-8-6-5-7-9-20/h5-13,19,23,26H,14-18,25H2,1-4H3. The fourth-order valence-corrected chi connectivity index (χ4v) is 3.86. The lowest BCUT2D eigenvalue weighted by Gasteiger charge is -2.26. The maximum absolute atomic E-state index is 12.7. The number of ether oxygens (including phenoxy) is 2. The van der Waals surface area contributed by atoms with E-state index in [0.29, 0.717) is 24.0 Å². The van der Waals surface area contributed by atoms with Gasteiger partial charge in [-0.15, -0.1) is 0 Å². The van der Waals surface area contributed by atoms with Crippen LogP contribution in [0.1, 0.15) is 52.1 Å². The SMILES string of the molecule is CC(C)CCOC(C)(C)CCOc1ccc(S(=O)NC(CN)c2ccccc2)cc1. The summed E-state index contributed by atoms with van der Waals surface area (Å²) < 4.78 is 27.6. The van der Waals surface area contributed by atoms with Crippen LogP contribution in [-0.4, -0.2) is 29.6 Å². The Morgan fingerprint density at radius 3 is 2.30 bits per heavy atom. The predicted molar refractivity (Wildman–Crippen MR) is 124 cm³/mol. The summed E-state index contributed by atoms with van der Waals surface area (Å²) in [6.45, 7) is 10.3. The van der Waals surface area contributed by atoms with Crippen LogP contribution in [0.2, 0.25) is 0 Å². The molecule has 2 aromatic rings. The fourth-order valence-electron chi connectivity index (χ4n) is 2.85. The van der Waals surface area contributed by atoms with Crippen molar-refractivity contribution in [2.45, 2.75) is 57.1 Å². The predicted octanol–water partition coefficient (Wildman–Crippen LogP) is 4.61. The molecule has 0 fully saturated rings. The van der Waals surface area contributed by atoms with Gasteiger partial charge in [-0.05, 0) is 56.0 Å². The van der Waals surface area contributed by atoms with Crippen molar-refractivity contribution in [3.63, 3.8) is 0 Å². The smallest absolute Gasteiger partial charge is 0.125 e. The number of rotatable bonds is 13. The molecule has 5 nitrogen and oxygen atoms in total. The summed E-state index contributed by atoms with van der Waals surface area (Å²) in [5.74, 6) is 1.40. The molecule has 6 heteroatoms. The van der Waals surface area contributed by atoms with Crippen molar-refractivity contribution in [2.24, 2.45) is 11.7 Å². The van der Waals surface area contributed by atoms with Crippen molar-refractivity contribution in [3.05, 3.63) is 60.2 Å². The van der Waals surface area contributed by atoms with E-state index >= 15 is 0 Å². The lowest BCUT2D eigenvalue weighted by Crippen LogP contribution is -2.29. The van der Waals surface area contributed by atoms with E-state index in [1.54, 1.807) is 0 Å². The third-order valence-corrected chi connectivity index (χ3v) is 6.08. The van der Waals surface area contributed by atoms with Gasteiger partial charge in [0, 0.05) is 19.6 Å². The minimum absolute atomic E-state index is 0.166. The van der Waals surface area contributed by atoms with E-state index in [1.807, 2.05) is 54.6 Å². The van der Waals surface area contributed by atoms with E-state index in [4.69, 9.17) is 15.2 Å². The number of nitrogens with one attached hydrogen (secondary N) is 1. The van der Waals surface area contributed by atoms with Crippen molar-refractivity contribution < 1.29 is 13.7 Å². The topological polar surface area (TPSA) is 73.6 Å². The molecule has 2 unspecified atom stereocenters. The second-order valence-corrected chi connectivity index (χ2v) is 9.69. The van der Waals surface area contributed by atoms with E-state index < -0.39 is 11.0 Å². The maximum atomic E-state index is 12.7. The van der Waals surface area contributed by atoms with E-state index in [-0.39, 0.29) is 11.6 Å². The molecular weight excluding hydrogens is 396 g/mol. The molecule has 0 amide bonds. The largest absolute Gasteiger partial charge is 0.493 e. The fraction of sp³-hybridized carbons (Fsp3) is 0.500. The zero-order valence-corrected chi connectivity index (χ0v) is 19.4. The van der Waals surface area contributed by atoms with Crippen molar-refractivity contribution >= 4 is 11.0 Å². The van der Waals surface area contributed by atoms with Crippen LogP contribution in [0.3, 0.4) is 0 Å². The molecule has 0 saturated carbocycles. The molecule has 166 valence electrons. The number of hydrogen-bond donors (Lipinski definition) is 2. The van der Waals surface area contributed by atoms with Gasteiger partial charge in [0.25, 0.3) is 0 Å². The lowest BCUT2D eigenvalue weighted by molar-refractivity contribution is -0.0346. The summed E-state index contributed by atoms with van der Waals surface area (Å²) in [4.78, 5) is 0.689. The summed E-state index contributed by atoms with van der Waals surface area (Å²) in [5, 5.41) is 0. The Balaban J connectivity index is 1.82. The molecule has 0 spiro atoms. The van der Waals surface area contributed by atoms with Gasteiger partial charge >= 0.3 is 0 Å². The van der Waals surface area contributed by atoms with Crippen molar-refractivity contribution in [1.29, 1.82) is 0 Å². The number of hydrogen-bond acceptors (Lipinski definition) is 4. The molecule has 0 aliphatic carbocycles. The van der Waals surface area contributed by atoms with Crippen LogP contribution in [0.5, 0.6) is 5.75 Å². The van der Waals surface area contributed by atoms with Crippen LogP contribution >= 0.6 is 0 Å². The van der Waals surface area contributed by atoms with Crippen LogP contribution in [0.25, 0.3) is 0 Å². The Hall–Kier alpha value is -1.73. The highest BCUT2D eigenvalue weighted by Gasteiger charge is 2.19. The van der Waals surface area contributed by atoms with E-state index in [0.717, 1.165) is 30.8 Å². The molecule has 0 bridgehead atoms. The van der Waals surface area contributed by atoms with Crippen LogP contribution < -0.4 is 15.2 Å². The van der Waals surface area contributed by atoms with E-state index in [2.05, 4.69) is 32.4 Å². The van der Waals surface area contributed by atoms with E-state index in [1.165, 1.54) is 0 Å². The second kappa shape index (κ2) is 12.2. The molecule has 3 N–H and O–H groups in total. The van der Waals surface area contributed by atoms with Crippen LogP contribution in [0.4, 0.5) is 0 Å². The molecule has 0 aromatic heterocycles. The Bertz CT molecular complexity index is 764. The van der Waals surface area contributed by atoms with Crippen LogP contribution in [0.15, 0.2) is 59.5 Å². The van der Waals surface area contributed by atoms with Gasteiger partial charge in [0.2, 0.25) is 0 Å². The van der Waals surface area contributed by atoms with Gasteiger partial charge < -0.3 is 15.2 Å². The van der Waals surface area contributed by atoms with Gasteiger partial charge in [-0.3, -0.25) is 0 Å². The zero-order chi connectivity index (χ0) is 22.0. The molecule has 2 atom stereocenters. The molecule has 30 heavy (non-hydrogen) atoms. The molecule has 2 aromatic carbocycles. The molecule has 0 aliphatic rings. The van der Waals surface area contributed by atoms with Gasteiger partial charge in [-0.2, -0.15) is 0 Å². The van der Waals surface area contributed by atoms with E-state index in [9.17, 15) is 4.21 Å². The number of nitrogens with two attached hydrogens (primary N) is 1. The minimum atomic E-state index is -1.36. The minimum Gasteiger partial charge on any atom is -0.493 e. The van der Waals surface area contributed by atoms with Crippen LogP contribution in [-0.2, 0) is 15.7 Å². The Morgan fingerprint density at radius 2 is 1.70 bits per heavy atom. The quantitative estimate of drug-likeness (QED) is 0.485. The molecule has 0 heterocycles. The first-order valence-corrected chi connectivity index (χ1v) is 11.8. The summed E-state index contributed by atoms with van der Waals surface area (Å²) in [7, 11) is -1.36. The molecule has 0 radical (unpaired) electrons. The van der Waals surface area contributed by atoms with Gasteiger partial charge in [0.15, 0.2) is 0 Å². The third kappa shape index (κ3) is 8.56. The van der Waals surface area contributed by atoms with Crippen molar-refractivity contribution in [1.82, 2.24) is 4.72 Å². The first-order chi connectivity index (χ1) is 14.3. The average Bonchev–Trinajstić information content (AvgIpc) is 2.72. The molecule has 2 rings (SSSR count). The normalized spacial score (nSPS) is 13.9. The molecular formula is C24H36N2O3S. The number of benzene rings is 2. The summed E-state index contributed by atoms with van der Waals surface area (Å²) in [6.07, 6.45) is 1.86. The summed E-state index contributed by atoms with van der Waals surface area (Å²) >= 11 is 0.